The molecule has 1 unspecified atom stereocenters. The molecule has 0 N–H and O–H groups in total. The summed E-state index contributed by atoms with van der Waals surface area (Å²) in [6.07, 6.45) is 2.76. The van der Waals surface area contributed by atoms with E-state index in [1.807, 2.05) is 24.3 Å². The Labute approximate surface area is 73.4 Å². The summed E-state index contributed by atoms with van der Waals surface area (Å²) in [7, 11) is -0.522. The molecular formula is C9H10ClP. The molecule has 0 amide bonds. The zero-order valence-electron chi connectivity index (χ0n) is 6.20. The molecule has 1 atom stereocenters. The molecule has 0 nitrogen and oxygen atoms in total. The van der Waals surface area contributed by atoms with E-state index in [2.05, 4.69) is 18.7 Å². The van der Waals surface area contributed by atoms with Gasteiger partial charge < -0.3 is 0 Å². The average Bonchev–Trinajstić information content (AvgIpc) is 2.07. The first kappa shape index (κ1) is 8.77. The Morgan fingerprint density at radius 1 is 1.36 bits per heavy atom. The van der Waals surface area contributed by atoms with E-state index < -0.39 is 7.27 Å². The fourth-order valence-corrected chi connectivity index (χ4v) is 2.37. The summed E-state index contributed by atoms with van der Waals surface area (Å²) in [5.41, 5.74) is 0. The maximum atomic E-state index is 6.10. The molecule has 0 spiro atoms. The third kappa shape index (κ3) is 2.65. The average molecular weight is 185 g/mol. The first-order valence-electron chi connectivity index (χ1n) is 3.44. The van der Waals surface area contributed by atoms with Crippen molar-refractivity contribution in [1.82, 2.24) is 0 Å². The van der Waals surface area contributed by atoms with Crippen molar-refractivity contribution >= 4 is 23.8 Å². The Bertz CT molecular complexity index is 220. The molecule has 1 aromatic rings. The quantitative estimate of drug-likeness (QED) is 0.500. The largest absolute Gasteiger partial charge is 0.103 e. The van der Waals surface area contributed by atoms with Crippen molar-refractivity contribution in [2.75, 3.05) is 6.16 Å². The van der Waals surface area contributed by atoms with Crippen LogP contribution in [0, 0.1) is 0 Å². The van der Waals surface area contributed by atoms with Crippen LogP contribution in [0.3, 0.4) is 0 Å². The first-order chi connectivity index (χ1) is 5.34. The summed E-state index contributed by atoms with van der Waals surface area (Å²) < 4.78 is 0. The van der Waals surface area contributed by atoms with Gasteiger partial charge in [0.25, 0.3) is 0 Å². The summed E-state index contributed by atoms with van der Waals surface area (Å²) >= 11 is 6.10. The highest BCUT2D eigenvalue weighted by Crippen LogP contribution is 2.39. The molecular weight excluding hydrogens is 175 g/mol. The van der Waals surface area contributed by atoms with Gasteiger partial charge in [0, 0.05) is 13.4 Å². The molecule has 1 rings (SSSR count). The molecule has 0 saturated carbocycles. The molecule has 1 aromatic carbocycles. The Kier molecular flexibility index (Phi) is 3.62. The molecule has 0 heterocycles. The fourth-order valence-electron chi connectivity index (χ4n) is 0.809. The number of allylic oxidation sites excluding steroid dienone is 1. The smallest absolute Gasteiger partial charge is 0.0251 e. The predicted octanol–water partition coefficient (Wildman–Crippen LogP) is 3.13. The highest BCUT2D eigenvalue weighted by molar-refractivity contribution is 7.90. The maximum Gasteiger partial charge on any atom is 0.0251 e. The van der Waals surface area contributed by atoms with E-state index >= 15 is 0 Å². The van der Waals surface area contributed by atoms with Crippen LogP contribution in [0.5, 0.6) is 0 Å². The van der Waals surface area contributed by atoms with E-state index in [1.165, 1.54) is 5.30 Å². The predicted molar refractivity (Wildman–Crippen MR) is 53.9 cm³/mol. The number of hydrogen-bond acceptors (Lipinski definition) is 0. The van der Waals surface area contributed by atoms with Crippen LogP contribution in [0.2, 0.25) is 0 Å². The van der Waals surface area contributed by atoms with Gasteiger partial charge in [0.2, 0.25) is 0 Å². The SMILES string of the molecule is C=CCP(Cl)c1ccccc1. The molecule has 11 heavy (non-hydrogen) atoms. The molecule has 0 aliphatic heterocycles. The summed E-state index contributed by atoms with van der Waals surface area (Å²) in [5.74, 6) is 0. The molecule has 58 valence electrons. The Balaban J connectivity index is 2.68. The van der Waals surface area contributed by atoms with E-state index in [4.69, 9.17) is 11.2 Å². The van der Waals surface area contributed by atoms with E-state index in [-0.39, 0.29) is 0 Å². The monoisotopic (exact) mass is 184 g/mol. The fraction of sp³-hybridized carbons (Fsp3) is 0.111. The van der Waals surface area contributed by atoms with Crippen LogP contribution in [-0.4, -0.2) is 6.16 Å². The molecule has 2 heteroatoms. The van der Waals surface area contributed by atoms with Gasteiger partial charge in [-0.05, 0) is 5.30 Å². The van der Waals surface area contributed by atoms with Gasteiger partial charge in [0.1, 0.15) is 0 Å². The Morgan fingerprint density at radius 3 is 2.55 bits per heavy atom. The van der Waals surface area contributed by atoms with Crippen LogP contribution in [0.4, 0.5) is 0 Å². The summed E-state index contributed by atoms with van der Waals surface area (Å²) in [5, 5.41) is 1.23. The zero-order chi connectivity index (χ0) is 8.10. The molecule has 0 aliphatic rings. The second kappa shape index (κ2) is 4.54. The minimum Gasteiger partial charge on any atom is -0.103 e. The van der Waals surface area contributed by atoms with Gasteiger partial charge in [-0.25, -0.2) is 0 Å². The molecule has 0 bridgehead atoms. The van der Waals surface area contributed by atoms with Gasteiger partial charge >= 0.3 is 0 Å². The summed E-state index contributed by atoms with van der Waals surface area (Å²) in [6.45, 7) is 3.66. The second-order valence-electron chi connectivity index (χ2n) is 2.17. The van der Waals surface area contributed by atoms with Gasteiger partial charge in [-0.1, -0.05) is 47.6 Å². The first-order valence-corrected chi connectivity index (χ1v) is 5.87. The van der Waals surface area contributed by atoms with Gasteiger partial charge in [-0.15, -0.1) is 6.58 Å². The molecule has 0 aromatic heterocycles. The Hall–Kier alpha value is -0.320. The van der Waals surface area contributed by atoms with Gasteiger partial charge in [0.05, 0.1) is 0 Å². The molecule has 0 aliphatic carbocycles. The number of rotatable bonds is 3. The second-order valence-corrected chi connectivity index (χ2v) is 5.00. The molecule has 0 fully saturated rings. The van der Waals surface area contributed by atoms with Crippen LogP contribution in [0.25, 0.3) is 0 Å². The van der Waals surface area contributed by atoms with E-state index in [9.17, 15) is 0 Å². The van der Waals surface area contributed by atoms with Crippen molar-refractivity contribution in [2.24, 2.45) is 0 Å². The highest BCUT2D eigenvalue weighted by Gasteiger charge is 2.02. The lowest BCUT2D eigenvalue weighted by atomic mass is 10.4. The molecule has 0 radical (unpaired) electrons. The normalized spacial score (nSPS) is 12.5. The molecule has 0 saturated heterocycles. The third-order valence-corrected chi connectivity index (χ3v) is 3.76. The van der Waals surface area contributed by atoms with Crippen LogP contribution in [0.15, 0.2) is 43.0 Å². The lowest BCUT2D eigenvalue weighted by Crippen LogP contribution is -1.96. The van der Waals surface area contributed by atoms with E-state index in [0.29, 0.717) is 0 Å². The number of benzene rings is 1. The summed E-state index contributed by atoms with van der Waals surface area (Å²) in [6, 6.07) is 10.1. The lowest BCUT2D eigenvalue weighted by Gasteiger charge is -2.05. The Morgan fingerprint density at radius 2 is 2.00 bits per heavy atom. The number of halogens is 1. The minimum absolute atomic E-state index is 0.522. The maximum absolute atomic E-state index is 6.10. The standard InChI is InChI=1S/C9H10ClP/c1-2-8-11(10)9-6-4-3-5-7-9/h2-7H,1,8H2. The van der Waals surface area contributed by atoms with Crippen molar-refractivity contribution in [2.45, 2.75) is 0 Å². The number of hydrogen-bond donors (Lipinski definition) is 0. The zero-order valence-corrected chi connectivity index (χ0v) is 7.85. The van der Waals surface area contributed by atoms with E-state index in [1.54, 1.807) is 0 Å². The van der Waals surface area contributed by atoms with Gasteiger partial charge in [-0.3, -0.25) is 0 Å². The van der Waals surface area contributed by atoms with Crippen LogP contribution in [-0.2, 0) is 0 Å². The van der Waals surface area contributed by atoms with Crippen LogP contribution < -0.4 is 5.30 Å². The topological polar surface area (TPSA) is 0 Å². The highest BCUT2D eigenvalue weighted by atomic mass is 35.7. The van der Waals surface area contributed by atoms with Crippen LogP contribution >= 0.6 is 18.5 Å². The van der Waals surface area contributed by atoms with Crippen molar-refractivity contribution < 1.29 is 0 Å². The summed E-state index contributed by atoms with van der Waals surface area (Å²) in [4.78, 5) is 0. The van der Waals surface area contributed by atoms with Crippen molar-refractivity contribution in [3.05, 3.63) is 43.0 Å². The van der Waals surface area contributed by atoms with Gasteiger partial charge in [-0.2, -0.15) is 0 Å². The van der Waals surface area contributed by atoms with Crippen LogP contribution in [0.1, 0.15) is 0 Å². The lowest BCUT2D eigenvalue weighted by molar-refractivity contribution is 1.74. The minimum atomic E-state index is -0.522. The van der Waals surface area contributed by atoms with E-state index in [0.717, 1.165) is 6.16 Å². The van der Waals surface area contributed by atoms with Crippen molar-refractivity contribution in [3.8, 4) is 0 Å². The van der Waals surface area contributed by atoms with Crippen molar-refractivity contribution in [1.29, 1.82) is 0 Å². The van der Waals surface area contributed by atoms with Gasteiger partial charge in [0.15, 0.2) is 0 Å². The van der Waals surface area contributed by atoms with Crippen molar-refractivity contribution in [3.63, 3.8) is 0 Å². The third-order valence-electron chi connectivity index (χ3n) is 1.33.